The van der Waals surface area contributed by atoms with E-state index in [4.69, 9.17) is 14.4 Å². The molecule has 0 saturated heterocycles. The van der Waals surface area contributed by atoms with Crippen molar-refractivity contribution in [2.75, 3.05) is 0 Å². The van der Waals surface area contributed by atoms with E-state index < -0.39 is 23.8 Å². The first-order valence-electron chi connectivity index (χ1n) is 10.0. The van der Waals surface area contributed by atoms with Crippen LogP contribution in [-0.2, 0) is 17.5 Å². The third-order valence-electron chi connectivity index (χ3n) is 4.79. The van der Waals surface area contributed by atoms with E-state index in [9.17, 15) is 18.0 Å². The Morgan fingerprint density at radius 2 is 2.03 bits per heavy atom. The summed E-state index contributed by atoms with van der Waals surface area (Å²) in [6.07, 6.45) is -3.59. The van der Waals surface area contributed by atoms with Crippen LogP contribution >= 0.6 is 0 Å². The molecule has 0 saturated carbocycles. The van der Waals surface area contributed by atoms with Gasteiger partial charge in [-0.15, -0.1) is 0 Å². The maximum absolute atomic E-state index is 13.6. The average molecular weight is 460 g/mol. The van der Waals surface area contributed by atoms with Gasteiger partial charge >= 0.3 is 12.1 Å². The fraction of sp³-hybridized carbons (Fsp3) is 0.273. The SMILES string of the molecule is CC(C)Oc1ccc(-c2nc(-c3cccc4c3cnn4CCC(=O)O)no2)cc1C(F)(F)F. The van der Waals surface area contributed by atoms with Crippen LogP contribution in [0.1, 0.15) is 25.8 Å². The van der Waals surface area contributed by atoms with Crippen LogP contribution in [0.3, 0.4) is 0 Å². The van der Waals surface area contributed by atoms with Crippen molar-refractivity contribution in [3.05, 3.63) is 48.2 Å². The van der Waals surface area contributed by atoms with Gasteiger partial charge in [0.1, 0.15) is 5.75 Å². The average Bonchev–Trinajstić information content (AvgIpc) is 3.38. The van der Waals surface area contributed by atoms with Crippen LogP contribution in [0.5, 0.6) is 5.75 Å². The zero-order valence-corrected chi connectivity index (χ0v) is 17.6. The van der Waals surface area contributed by atoms with Crippen molar-refractivity contribution in [3.63, 3.8) is 0 Å². The molecule has 0 aliphatic rings. The van der Waals surface area contributed by atoms with Gasteiger partial charge in [0.25, 0.3) is 5.89 Å². The Labute approximate surface area is 185 Å². The van der Waals surface area contributed by atoms with Gasteiger partial charge in [0.05, 0.1) is 36.3 Å². The van der Waals surface area contributed by atoms with Crippen LogP contribution in [0.2, 0.25) is 0 Å². The molecule has 4 aromatic rings. The molecular weight excluding hydrogens is 441 g/mol. The summed E-state index contributed by atoms with van der Waals surface area (Å²) < 4.78 is 52.8. The number of ether oxygens (including phenoxy) is 1. The second kappa shape index (κ2) is 8.57. The Hall–Kier alpha value is -3.89. The van der Waals surface area contributed by atoms with Crippen LogP contribution < -0.4 is 4.74 Å². The molecule has 0 radical (unpaired) electrons. The molecule has 0 bridgehead atoms. The Kier molecular flexibility index (Phi) is 5.79. The van der Waals surface area contributed by atoms with E-state index in [1.807, 2.05) is 0 Å². The Balaban J connectivity index is 1.70. The summed E-state index contributed by atoms with van der Waals surface area (Å²) in [6.45, 7) is 3.47. The van der Waals surface area contributed by atoms with Crippen molar-refractivity contribution in [1.29, 1.82) is 0 Å². The monoisotopic (exact) mass is 460 g/mol. The molecule has 1 N–H and O–H groups in total. The smallest absolute Gasteiger partial charge is 0.419 e. The van der Waals surface area contributed by atoms with Gasteiger partial charge in [0.2, 0.25) is 5.82 Å². The summed E-state index contributed by atoms with van der Waals surface area (Å²) in [5.74, 6) is -1.13. The quantitative estimate of drug-likeness (QED) is 0.412. The van der Waals surface area contributed by atoms with Crippen molar-refractivity contribution in [2.24, 2.45) is 0 Å². The number of carboxylic acid groups (broad SMARTS) is 1. The summed E-state index contributed by atoms with van der Waals surface area (Å²) in [4.78, 5) is 15.1. The Bertz CT molecular complexity index is 1310. The molecule has 0 aliphatic carbocycles. The molecule has 0 spiro atoms. The molecule has 172 valence electrons. The lowest BCUT2D eigenvalue weighted by atomic mass is 10.1. The third kappa shape index (κ3) is 4.66. The van der Waals surface area contributed by atoms with E-state index in [0.29, 0.717) is 16.5 Å². The first-order valence-corrected chi connectivity index (χ1v) is 10.0. The van der Waals surface area contributed by atoms with E-state index in [-0.39, 0.29) is 36.0 Å². The standard InChI is InChI=1S/C22H19F3N4O4/c1-12(2)32-18-7-6-13(10-16(18)22(23,24)25)21-27-20(28-33-21)14-4-3-5-17-15(14)11-26-29(17)9-8-19(30)31/h3-7,10-12H,8-9H2,1-2H3,(H,30,31). The van der Waals surface area contributed by atoms with Crippen LogP contribution in [0.4, 0.5) is 13.2 Å². The van der Waals surface area contributed by atoms with Crippen molar-refractivity contribution in [2.45, 2.75) is 39.1 Å². The molecule has 4 rings (SSSR count). The summed E-state index contributed by atoms with van der Waals surface area (Å²) >= 11 is 0. The van der Waals surface area contributed by atoms with Crippen LogP contribution in [0.25, 0.3) is 33.7 Å². The highest BCUT2D eigenvalue weighted by Crippen LogP contribution is 2.39. The van der Waals surface area contributed by atoms with E-state index in [1.165, 1.54) is 12.1 Å². The minimum Gasteiger partial charge on any atom is -0.490 e. The number of carboxylic acids is 1. The molecule has 2 aromatic carbocycles. The number of halogens is 3. The summed E-state index contributed by atoms with van der Waals surface area (Å²) in [5.41, 5.74) is 0.395. The zero-order chi connectivity index (χ0) is 23.8. The van der Waals surface area contributed by atoms with Crippen LogP contribution in [0, 0.1) is 0 Å². The molecule has 8 nitrogen and oxygen atoms in total. The molecule has 0 fully saturated rings. The third-order valence-corrected chi connectivity index (χ3v) is 4.79. The van der Waals surface area contributed by atoms with Gasteiger partial charge in [0, 0.05) is 16.5 Å². The first-order chi connectivity index (χ1) is 15.6. The topological polar surface area (TPSA) is 103 Å². The molecule has 2 aromatic heterocycles. The van der Waals surface area contributed by atoms with Gasteiger partial charge < -0.3 is 14.4 Å². The maximum Gasteiger partial charge on any atom is 0.419 e. The largest absolute Gasteiger partial charge is 0.490 e. The minimum absolute atomic E-state index is 0.0816. The maximum atomic E-state index is 13.6. The lowest BCUT2D eigenvalue weighted by Crippen LogP contribution is -2.13. The highest BCUT2D eigenvalue weighted by molar-refractivity contribution is 5.93. The van der Waals surface area contributed by atoms with Crippen molar-refractivity contribution < 1.29 is 32.3 Å². The predicted octanol–water partition coefficient (Wildman–Crippen LogP) is 5.03. The normalized spacial score (nSPS) is 11.9. The number of benzene rings is 2. The number of aliphatic carboxylic acids is 1. The molecule has 2 heterocycles. The van der Waals surface area contributed by atoms with Gasteiger partial charge in [-0.05, 0) is 38.1 Å². The first kappa shape index (κ1) is 22.3. The number of hydrogen-bond acceptors (Lipinski definition) is 6. The Morgan fingerprint density at radius 3 is 2.73 bits per heavy atom. The summed E-state index contributed by atoms with van der Waals surface area (Å²) in [7, 11) is 0. The van der Waals surface area contributed by atoms with E-state index in [0.717, 1.165) is 6.07 Å². The number of aryl methyl sites for hydroxylation is 1. The summed E-state index contributed by atoms with van der Waals surface area (Å²) in [5, 5.41) is 17.7. The second-order valence-corrected chi connectivity index (χ2v) is 7.55. The Morgan fingerprint density at radius 1 is 1.24 bits per heavy atom. The number of hydrogen-bond donors (Lipinski definition) is 1. The second-order valence-electron chi connectivity index (χ2n) is 7.55. The van der Waals surface area contributed by atoms with Gasteiger partial charge in [-0.2, -0.15) is 23.3 Å². The number of nitrogens with zero attached hydrogens (tertiary/aromatic N) is 4. The number of carbonyl (C=O) groups is 1. The molecule has 11 heteroatoms. The summed E-state index contributed by atoms with van der Waals surface area (Å²) in [6, 6.07) is 8.80. The van der Waals surface area contributed by atoms with Crippen LogP contribution in [-0.4, -0.2) is 37.1 Å². The lowest BCUT2D eigenvalue weighted by molar-refractivity contribution is -0.139. The van der Waals surface area contributed by atoms with Gasteiger partial charge in [-0.1, -0.05) is 17.3 Å². The van der Waals surface area contributed by atoms with Crippen molar-refractivity contribution in [1.82, 2.24) is 19.9 Å². The molecular formula is C22H19F3N4O4. The highest BCUT2D eigenvalue weighted by atomic mass is 19.4. The van der Waals surface area contributed by atoms with Gasteiger partial charge in [0.15, 0.2) is 0 Å². The van der Waals surface area contributed by atoms with Crippen LogP contribution in [0.15, 0.2) is 47.1 Å². The highest BCUT2D eigenvalue weighted by Gasteiger charge is 2.35. The van der Waals surface area contributed by atoms with E-state index in [1.54, 1.807) is 42.9 Å². The van der Waals surface area contributed by atoms with Crippen molar-refractivity contribution in [3.8, 4) is 28.6 Å². The van der Waals surface area contributed by atoms with E-state index >= 15 is 0 Å². The lowest BCUT2D eigenvalue weighted by Gasteiger charge is -2.16. The number of aromatic nitrogens is 4. The number of fused-ring (bicyclic) bond motifs is 1. The number of alkyl halides is 3. The molecule has 0 atom stereocenters. The fourth-order valence-electron chi connectivity index (χ4n) is 3.37. The predicted molar refractivity (Wildman–Crippen MR) is 111 cm³/mol. The van der Waals surface area contributed by atoms with Gasteiger partial charge in [-0.3, -0.25) is 9.48 Å². The molecule has 33 heavy (non-hydrogen) atoms. The van der Waals surface area contributed by atoms with Crippen molar-refractivity contribution >= 4 is 16.9 Å². The molecule has 0 aliphatic heterocycles. The minimum atomic E-state index is -4.63. The fourth-order valence-corrected chi connectivity index (χ4v) is 3.37. The zero-order valence-electron chi connectivity index (χ0n) is 17.6. The molecule has 0 amide bonds. The van der Waals surface area contributed by atoms with E-state index in [2.05, 4.69) is 15.2 Å². The molecule has 0 unspecified atom stereocenters. The van der Waals surface area contributed by atoms with Gasteiger partial charge in [-0.25, -0.2) is 0 Å². The number of rotatable bonds is 7.